The van der Waals surface area contributed by atoms with Gasteiger partial charge in [0.15, 0.2) is 11.4 Å². The van der Waals surface area contributed by atoms with Crippen LogP contribution in [-0.2, 0) is 4.74 Å². The molecule has 2 aromatic rings. The van der Waals surface area contributed by atoms with E-state index in [1.807, 2.05) is 0 Å². The number of esters is 1. The van der Waals surface area contributed by atoms with Crippen molar-refractivity contribution >= 4 is 59.3 Å². The monoisotopic (exact) mass is 365 g/mol. The molecule has 7 heteroatoms. The second kappa shape index (κ2) is 4.31. The second-order valence-electron chi connectivity index (χ2n) is 2.88. The van der Waals surface area contributed by atoms with Crippen LogP contribution in [0.4, 0.5) is 0 Å². The zero-order valence-electron chi connectivity index (χ0n) is 7.95. The molecule has 1 N–H and O–H groups in total. The summed E-state index contributed by atoms with van der Waals surface area (Å²) in [5, 5.41) is 10.6. The van der Waals surface area contributed by atoms with E-state index in [0.29, 0.717) is 4.70 Å². The smallest absolute Gasteiger partial charge is 0.360 e. The molecule has 0 bridgehead atoms. The molecule has 0 unspecified atom stereocenters. The Kier molecular flexibility index (Phi) is 3.18. The maximum atomic E-state index is 11.3. The molecular formula is C9H5Br2NO3S. The van der Waals surface area contributed by atoms with Gasteiger partial charge in [0.25, 0.3) is 0 Å². The van der Waals surface area contributed by atoms with Crippen molar-refractivity contribution in [2.24, 2.45) is 0 Å². The highest BCUT2D eigenvalue weighted by Crippen LogP contribution is 2.43. The fourth-order valence-corrected chi connectivity index (χ4v) is 3.44. The molecule has 0 fully saturated rings. The number of thiophene rings is 1. The molecule has 16 heavy (non-hydrogen) atoms. The van der Waals surface area contributed by atoms with Crippen LogP contribution in [0.1, 0.15) is 10.5 Å². The third-order valence-electron chi connectivity index (χ3n) is 1.99. The zero-order valence-corrected chi connectivity index (χ0v) is 11.9. The van der Waals surface area contributed by atoms with Crippen LogP contribution in [0.5, 0.6) is 5.75 Å². The Morgan fingerprint density at radius 2 is 2.25 bits per heavy atom. The van der Waals surface area contributed by atoms with Crippen LogP contribution in [0.3, 0.4) is 0 Å². The fourth-order valence-electron chi connectivity index (χ4n) is 1.23. The van der Waals surface area contributed by atoms with Crippen LogP contribution in [0.25, 0.3) is 10.1 Å². The van der Waals surface area contributed by atoms with E-state index in [9.17, 15) is 9.90 Å². The number of ether oxygens (including phenoxy) is 1. The molecule has 2 rings (SSSR count). The predicted octanol–water partition coefficient (Wildman–Crippen LogP) is 3.31. The summed E-state index contributed by atoms with van der Waals surface area (Å²) in [6.07, 6.45) is 1.52. The number of halogens is 2. The summed E-state index contributed by atoms with van der Waals surface area (Å²) in [6.45, 7) is 0. The molecule has 0 aliphatic rings. The first-order valence-electron chi connectivity index (χ1n) is 4.10. The van der Waals surface area contributed by atoms with Crippen LogP contribution in [-0.4, -0.2) is 23.2 Å². The number of aromatic nitrogens is 1. The molecular weight excluding hydrogens is 362 g/mol. The molecule has 0 aromatic carbocycles. The average Bonchev–Trinajstić information content (AvgIpc) is 2.57. The SMILES string of the molecule is COC(=O)c1ncc2c(Br)c(Br)sc2c1O. The van der Waals surface area contributed by atoms with Crippen molar-refractivity contribution in [3.05, 3.63) is 20.1 Å². The molecule has 0 spiro atoms. The van der Waals surface area contributed by atoms with E-state index in [2.05, 4.69) is 41.6 Å². The van der Waals surface area contributed by atoms with Crippen molar-refractivity contribution in [2.45, 2.75) is 0 Å². The van der Waals surface area contributed by atoms with Crippen molar-refractivity contribution in [1.29, 1.82) is 0 Å². The molecule has 0 aliphatic heterocycles. The number of carbonyl (C=O) groups excluding carboxylic acids is 1. The summed E-state index contributed by atoms with van der Waals surface area (Å²) in [5.74, 6) is -0.805. The normalized spacial score (nSPS) is 10.7. The van der Waals surface area contributed by atoms with Gasteiger partial charge in [-0.3, -0.25) is 0 Å². The largest absolute Gasteiger partial charge is 0.504 e. The summed E-state index contributed by atoms with van der Waals surface area (Å²) in [7, 11) is 1.24. The Bertz CT molecular complexity index is 582. The van der Waals surface area contributed by atoms with Gasteiger partial charge in [-0.2, -0.15) is 0 Å². The predicted molar refractivity (Wildman–Crippen MR) is 68.0 cm³/mol. The number of aromatic hydroxyl groups is 1. The standard InChI is InChI=1S/C9H5Br2NO3S/c1-15-9(14)5-6(13)7-3(2-12-5)4(10)8(11)16-7/h2,13H,1H3. The lowest BCUT2D eigenvalue weighted by Gasteiger charge is -2.01. The van der Waals surface area contributed by atoms with Crippen LogP contribution in [0.2, 0.25) is 0 Å². The van der Waals surface area contributed by atoms with Gasteiger partial charge in [0, 0.05) is 11.6 Å². The van der Waals surface area contributed by atoms with Crippen LogP contribution >= 0.6 is 43.2 Å². The van der Waals surface area contributed by atoms with Crippen LogP contribution in [0.15, 0.2) is 14.5 Å². The Morgan fingerprint density at radius 3 is 2.88 bits per heavy atom. The van der Waals surface area contributed by atoms with Gasteiger partial charge in [-0.15, -0.1) is 11.3 Å². The third-order valence-corrected chi connectivity index (χ3v) is 5.49. The molecule has 0 saturated heterocycles. The highest BCUT2D eigenvalue weighted by Gasteiger charge is 2.19. The molecule has 84 valence electrons. The summed E-state index contributed by atoms with van der Waals surface area (Å²) < 4.78 is 6.76. The maximum Gasteiger partial charge on any atom is 0.360 e. The van der Waals surface area contributed by atoms with Gasteiger partial charge in [-0.25, -0.2) is 9.78 Å². The van der Waals surface area contributed by atoms with E-state index in [1.165, 1.54) is 24.6 Å². The molecule has 0 atom stereocenters. The Labute approximate surface area is 112 Å². The van der Waals surface area contributed by atoms with E-state index in [-0.39, 0.29) is 11.4 Å². The lowest BCUT2D eigenvalue weighted by molar-refractivity contribution is 0.0591. The second-order valence-corrected chi connectivity index (χ2v) is 6.01. The summed E-state index contributed by atoms with van der Waals surface area (Å²) in [6, 6.07) is 0. The van der Waals surface area contributed by atoms with Gasteiger partial charge in [0.05, 0.1) is 20.1 Å². The van der Waals surface area contributed by atoms with Gasteiger partial charge in [-0.1, -0.05) is 0 Å². The molecule has 0 radical (unpaired) electrons. The topological polar surface area (TPSA) is 59.4 Å². The number of hydrogen-bond acceptors (Lipinski definition) is 5. The molecule has 4 nitrogen and oxygen atoms in total. The lowest BCUT2D eigenvalue weighted by atomic mass is 10.2. The maximum absolute atomic E-state index is 11.3. The summed E-state index contributed by atoms with van der Waals surface area (Å²) in [5.41, 5.74) is -0.0729. The molecule has 0 aliphatic carbocycles. The lowest BCUT2D eigenvalue weighted by Crippen LogP contribution is -2.04. The number of pyridine rings is 1. The van der Waals surface area contributed by atoms with E-state index in [0.717, 1.165) is 13.6 Å². The number of hydrogen-bond donors (Lipinski definition) is 1. The molecule has 2 heterocycles. The van der Waals surface area contributed by atoms with Gasteiger partial charge in [0.1, 0.15) is 0 Å². The Balaban J connectivity index is 2.75. The number of nitrogens with zero attached hydrogens (tertiary/aromatic N) is 1. The van der Waals surface area contributed by atoms with Crippen molar-refractivity contribution in [3.8, 4) is 5.75 Å². The molecule has 0 saturated carbocycles. The fraction of sp³-hybridized carbons (Fsp3) is 0.111. The van der Waals surface area contributed by atoms with Crippen LogP contribution in [0, 0.1) is 0 Å². The van der Waals surface area contributed by atoms with E-state index >= 15 is 0 Å². The zero-order chi connectivity index (χ0) is 11.9. The minimum absolute atomic E-state index is 0.0729. The Morgan fingerprint density at radius 1 is 1.56 bits per heavy atom. The van der Waals surface area contributed by atoms with Gasteiger partial charge < -0.3 is 9.84 Å². The van der Waals surface area contributed by atoms with Crippen LogP contribution < -0.4 is 0 Å². The number of methoxy groups -OCH3 is 1. The van der Waals surface area contributed by atoms with Crippen molar-refractivity contribution in [3.63, 3.8) is 0 Å². The molecule has 2 aromatic heterocycles. The third kappa shape index (κ3) is 1.72. The van der Waals surface area contributed by atoms with Crippen molar-refractivity contribution in [2.75, 3.05) is 7.11 Å². The van der Waals surface area contributed by atoms with E-state index < -0.39 is 5.97 Å². The number of rotatable bonds is 1. The van der Waals surface area contributed by atoms with Gasteiger partial charge in [0.2, 0.25) is 0 Å². The average molecular weight is 367 g/mol. The quantitative estimate of drug-likeness (QED) is 0.786. The first-order chi connectivity index (χ1) is 7.56. The number of carbonyl (C=O) groups is 1. The number of fused-ring (bicyclic) bond motifs is 1. The van der Waals surface area contributed by atoms with Gasteiger partial charge in [-0.05, 0) is 31.9 Å². The highest BCUT2D eigenvalue weighted by atomic mass is 79.9. The molecule has 0 amide bonds. The van der Waals surface area contributed by atoms with Crippen molar-refractivity contribution < 1.29 is 14.6 Å². The summed E-state index contributed by atoms with van der Waals surface area (Å²) >= 11 is 8.02. The van der Waals surface area contributed by atoms with E-state index in [4.69, 9.17) is 0 Å². The summed E-state index contributed by atoms with van der Waals surface area (Å²) in [4.78, 5) is 15.2. The first-order valence-corrected chi connectivity index (χ1v) is 6.50. The minimum Gasteiger partial charge on any atom is -0.504 e. The van der Waals surface area contributed by atoms with Gasteiger partial charge >= 0.3 is 5.97 Å². The Hall–Kier alpha value is -0.660. The minimum atomic E-state index is -0.653. The first kappa shape index (κ1) is 11.8. The van der Waals surface area contributed by atoms with Crippen molar-refractivity contribution in [1.82, 2.24) is 4.98 Å². The van der Waals surface area contributed by atoms with E-state index in [1.54, 1.807) is 0 Å². The highest BCUT2D eigenvalue weighted by molar-refractivity contribution is 9.13.